The molecule has 2 aromatic carbocycles. The van der Waals surface area contributed by atoms with Crippen LogP contribution in [0.3, 0.4) is 0 Å². The molecule has 136 valence electrons. The lowest BCUT2D eigenvalue weighted by atomic mass is 10.1. The van der Waals surface area contributed by atoms with Crippen LogP contribution >= 0.6 is 12.2 Å². The first-order chi connectivity index (χ1) is 12.4. The molecule has 0 aliphatic carbocycles. The predicted octanol–water partition coefficient (Wildman–Crippen LogP) is 2.33. The largest absolute Gasteiger partial charge is 0.483 e. The minimum atomic E-state index is -0.419. The molecular weight excluding hydrogens is 350 g/mol. The van der Waals surface area contributed by atoms with Crippen LogP contribution in [0, 0.1) is 20.8 Å². The highest BCUT2D eigenvalue weighted by Crippen LogP contribution is 2.20. The summed E-state index contributed by atoms with van der Waals surface area (Å²) in [7, 11) is 0. The summed E-state index contributed by atoms with van der Waals surface area (Å²) >= 11 is 4.99. The first kappa shape index (κ1) is 19.4. The van der Waals surface area contributed by atoms with Gasteiger partial charge in [0.05, 0.1) is 0 Å². The molecule has 2 amide bonds. The van der Waals surface area contributed by atoms with Crippen molar-refractivity contribution in [3.63, 3.8) is 0 Å². The van der Waals surface area contributed by atoms with Crippen molar-refractivity contribution in [2.24, 2.45) is 0 Å². The zero-order valence-corrected chi connectivity index (χ0v) is 15.7. The second-order valence-corrected chi connectivity index (χ2v) is 6.22. The van der Waals surface area contributed by atoms with Crippen molar-refractivity contribution in [2.75, 3.05) is 6.61 Å². The quantitative estimate of drug-likeness (QED) is 0.568. The van der Waals surface area contributed by atoms with Crippen LogP contribution in [-0.4, -0.2) is 23.5 Å². The number of aryl methyl sites for hydroxylation is 2. The van der Waals surface area contributed by atoms with E-state index in [9.17, 15) is 9.59 Å². The summed E-state index contributed by atoms with van der Waals surface area (Å²) in [4.78, 5) is 23.9. The average Bonchev–Trinajstić information content (AvgIpc) is 2.61. The van der Waals surface area contributed by atoms with E-state index < -0.39 is 5.91 Å². The molecule has 0 atom stereocenters. The summed E-state index contributed by atoms with van der Waals surface area (Å²) < 4.78 is 5.49. The second kappa shape index (κ2) is 8.96. The van der Waals surface area contributed by atoms with Gasteiger partial charge < -0.3 is 4.74 Å². The Morgan fingerprint density at radius 1 is 1.00 bits per heavy atom. The molecule has 0 spiro atoms. The van der Waals surface area contributed by atoms with Crippen LogP contribution in [0.15, 0.2) is 42.5 Å². The molecule has 0 saturated carbocycles. The van der Waals surface area contributed by atoms with Crippen LogP contribution in [0.5, 0.6) is 5.75 Å². The molecule has 0 fully saturated rings. The van der Waals surface area contributed by atoms with Gasteiger partial charge in [0, 0.05) is 5.56 Å². The number of hydrazine groups is 1. The Bertz CT molecular complexity index is 819. The Morgan fingerprint density at radius 2 is 1.69 bits per heavy atom. The Labute approximate surface area is 157 Å². The molecule has 0 aliphatic heterocycles. The molecule has 0 heterocycles. The number of hydrogen-bond acceptors (Lipinski definition) is 4. The molecule has 6 nitrogen and oxygen atoms in total. The monoisotopic (exact) mass is 371 g/mol. The van der Waals surface area contributed by atoms with E-state index in [1.165, 1.54) is 0 Å². The van der Waals surface area contributed by atoms with Gasteiger partial charge in [0.15, 0.2) is 11.7 Å². The van der Waals surface area contributed by atoms with Crippen molar-refractivity contribution < 1.29 is 14.3 Å². The number of benzene rings is 2. The molecule has 26 heavy (non-hydrogen) atoms. The van der Waals surface area contributed by atoms with E-state index in [4.69, 9.17) is 17.0 Å². The van der Waals surface area contributed by atoms with Gasteiger partial charge >= 0.3 is 0 Å². The number of amides is 2. The fourth-order valence-corrected chi connectivity index (χ4v) is 2.24. The molecule has 3 N–H and O–H groups in total. The maximum absolute atomic E-state index is 12.0. The van der Waals surface area contributed by atoms with Crippen LogP contribution in [0.1, 0.15) is 27.0 Å². The van der Waals surface area contributed by atoms with Crippen molar-refractivity contribution in [3.8, 4) is 5.75 Å². The maximum atomic E-state index is 12.0. The standard InChI is InChI=1S/C19H21N3O3S/c1-12-7-9-15(10-8-12)18(24)20-19(26)22-21-17(23)11-25-16-6-4-5-13(2)14(16)3/h4-10H,11H2,1-3H3,(H,21,23)(H2,20,22,24,26). The summed E-state index contributed by atoms with van der Waals surface area (Å²) in [5.41, 5.74) is 8.45. The predicted molar refractivity (Wildman–Crippen MR) is 104 cm³/mol. The lowest BCUT2D eigenvalue weighted by Gasteiger charge is -2.13. The van der Waals surface area contributed by atoms with E-state index >= 15 is 0 Å². The van der Waals surface area contributed by atoms with Gasteiger partial charge in [0.2, 0.25) is 0 Å². The minimum absolute atomic E-state index is 0.00402. The highest BCUT2D eigenvalue weighted by atomic mass is 32.1. The van der Waals surface area contributed by atoms with E-state index in [2.05, 4.69) is 16.2 Å². The van der Waals surface area contributed by atoms with Crippen LogP contribution < -0.4 is 20.9 Å². The Morgan fingerprint density at radius 3 is 2.38 bits per heavy atom. The third kappa shape index (κ3) is 5.56. The minimum Gasteiger partial charge on any atom is -0.483 e. The van der Waals surface area contributed by atoms with Gasteiger partial charge in [-0.15, -0.1) is 0 Å². The van der Waals surface area contributed by atoms with Gasteiger partial charge in [-0.1, -0.05) is 29.8 Å². The number of rotatable bonds is 4. The van der Waals surface area contributed by atoms with Crippen molar-refractivity contribution in [1.29, 1.82) is 0 Å². The highest BCUT2D eigenvalue weighted by molar-refractivity contribution is 7.80. The topological polar surface area (TPSA) is 79.5 Å². The van der Waals surface area contributed by atoms with Gasteiger partial charge in [-0.3, -0.25) is 25.8 Å². The third-order valence-corrected chi connectivity index (χ3v) is 3.97. The number of carbonyl (C=O) groups is 2. The molecule has 0 aromatic heterocycles. The number of hydrogen-bond donors (Lipinski definition) is 3. The van der Waals surface area contributed by atoms with Crippen molar-refractivity contribution in [3.05, 3.63) is 64.7 Å². The van der Waals surface area contributed by atoms with Crippen LogP contribution in [0.2, 0.25) is 0 Å². The number of thiocarbonyl (C=S) groups is 1. The molecular formula is C19H21N3O3S. The molecule has 2 rings (SSSR count). The zero-order valence-electron chi connectivity index (χ0n) is 14.9. The molecule has 0 bridgehead atoms. The number of ether oxygens (including phenoxy) is 1. The van der Waals surface area contributed by atoms with Crippen molar-refractivity contribution in [2.45, 2.75) is 20.8 Å². The molecule has 0 radical (unpaired) electrons. The Balaban J connectivity index is 1.76. The van der Waals surface area contributed by atoms with Gasteiger partial charge in [0.25, 0.3) is 11.8 Å². The van der Waals surface area contributed by atoms with E-state index in [0.29, 0.717) is 11.3 Å². The number of nitrogens with one attached hydrogen (secondary N) is 3. The molecule has 0 aliphatic rings. The van der Waals surface area contributed by atoms with Gasteiger partial charge in [-0.25, -0.2) is 0 Å². The van der Waals surface area contributed by atoms with E-state index in [1.54, 1.807) is 18.2 Å². The van der Waals surface area contributed by atoms with Crippen molar-refractivity contribution >= 4 is 29.1 Å². The van der Waals surface area contributed by atoms with Gasteiger partial charge in [0.1, 0.15) is 5.75 Å². The highest BCUT2D eigenvalue weighted by Gasteiger charge is 2.09. The smallest absolute Gasteiger partial charge is 0.276 e. The first-order valence-electron chi connectivity index (χ1n) is 8.02. The van der Waals surface area contributed by atoms with E-state index in [0.717, 1.165) is 16.7 Å². The molecule has 0 unspecified atom stereocenters. The fourth-order valence-electron chi connectivity index (χ4n) is 2.10. The first-order valence-corrected chi connectivity index (χ1v) is 8.43. The van der Waals surface area contributed by atoms with Crippen LogP contribution in [0.4, 0.5) is 0 Å². The lowest BCUT2D eigenvalue weighted by molar-refractivity contribution is -0.123. The molecule has 0 saturated heterocycles. The third-order valence-electron chi connectivity index (χ3n) is 3.77. The summed E-state index contributed by atoms with van der Waals surface area (Å²) in [6.07, 6.45) is 0. The molecule has 2 aromatic rings. The second-order valence-electron chi connectivity index (χ2n) is 5.81. The Kier molecular flexibility index (Phi) is 6.68. The summed E-state index contributed by atoms with van der Waals surface area (Å²) in [5.74, 6) is -0.128. The van der Waals surface area contributed by atoms with E-state index in [-0.39, 0.29) is 17.6 Å². The summed E-state index contributed by atoms with van der Waals surface area (Å²) in [6.45, 7) is 5.66. The average molecular weight is 371 g/mol. The number of carbonyl (C=O) groups excluding carboxylic acids is 2. The van der Waals surface area contributed by atoms with Crippen LogP contribution in [0.25, 0.3) is 0 Å². The lowest BCUT2D eigenvalue weighted by Crippen LogP contribution is -2.49. The SMILES string of the molecule is Cc1ccc(C(=O)NC(=S)NNC(=O)COc2cccc(C)c2C)cc1. The normalized spacial score (nSPS) is 9.96. The summed E-state index contributed by atoms with van der Waals surface area (Å²) in [5, 5.41) is 2.48. The van der Waals surface area contributed by atoms with E-state index in [1.807, 2.05) is 45.0 Å². The van der Waals surface area contributed by atoms with Gasteiger partial charge in [-0.2, -0.15) is 0 Å². The maximum Gasteiger partial charge on any atom is 0.276 e. The van der Waals surface area contributed by atoms with Crippen molar-refractivity contribution in [1.82, 2.24) is 16.2 Å². The Hall–Kier alpha value is -2.93. The summed E-state index contributed by atoms with van der Waals surface area (Å²) in [6, 6.07) is 12.7. The van der Waals surface area contributed by atoms with Crippen LogP contribution in [-0.2, 0) is 4.79 Å². The fraction of sp³-hybridized carbons (Fsp3) is 0.211. The van der Waals surface area contributed by atoms with Gasteiger partial charge in [-0.05, 0) is 62.3 Å². The zero-order chi connectivity index (χ0) is 19.1. The molecule has 7 heteroatoms.